The molecule has 0 spiro atoms. The van der Waals surface area contributed by atoms with Gasteiger partial charge < -0.3 is 19.7 Å². The van der Waals surface area contributed by atoms with Crippen LogP contribution in [0.4, 0.5) is 4.79 Å². The summed E-state index contributed by atoms with van der Waals surface area (Å²) < 4.78 is 7.09. The molecule has 1 aromatic heterocycles. The number of fused-ring (bicyclic) bond motifs is 1. The van der Waals surface area contributed by atoms with Crippen molar-refractivity contribution in [1.82, 2.24) is 14.9 Å². The highest BCUT2D eigenvalue weighted by molar-refractivity contribution is 5.76. The maximum atomic E-state index is 11.7. The molecule has 114 valence electrons. The van der Waals surface area contributed by atoms with E-state index in [0.717, 1.165) is 11.0 Å². The highest BCUT2D eigenvalue weighted by Crippen LogP contribution is 2.16. The summed E-state index contributed by atoms with van der Waals surface area (Å²) in [4.78, 5) is 16.2. The van der Waals surface area contributed by atoms with Crippen LogP contribution in [-0.2, 0) is 17.8 Å². The maximum Gasteiger partial charge on any atom is 0.408 e. The Labute approximate surface area is 123 Å². The molecule has 1 aromatic carbocycles. The summed E-state index contributed by atoms with van der Waals surface area (Å²) in [5.74, 6) is 0.691. The monoisotopic (exact) mass is 291 g/mol. The Morgan fingerprint density at radius 2 is 2.10 bits per heavy atom. The number of nitrogens with one attached hydrogen (secondary N) is 1. The quantitative estimate of drug-likeness (QED) is 0.904. The lowest BCUT2D eigenvalue weighted by Crippen LogP contribution is -2.32. The topological polar surface area (TPSA) is 76.4 Å². The van der Waals surface area contributed by atoms with Crippen LogP contribution in [0, 0.1) is 0 Å². The summed E-state index contributed by atoms with van der Waals surface area (Å²) >= 11 is 0. The Kier molecular flexibility index (Phi) is 4.47. The number of hydrogen-bond donors (Lipinski definition) is 2. The van der Waals surface area contributed by atoms with Gasteiger partial charge in [0.15, 0.2) is 0 Å². The second kappa shape index (κ2) is 6.13. The molecule has 21 heavy (non-hydrogen) atoms. The summed E-state index contributed by atoms with van der Waals surface area (Å²) in [6.07, 6.45) is -0.481. The first-order valence-electron chi connectivity index (χ1n) is 6.92. The number of para-hydroxylation sites is 2. The average molecular weight is 291 g/mol. The van der Waals surface area contributed by atoms with Crippen molar-refractivity contribution in [2.24, 2.45) is 0 Å². The third-order valence-electron chi connectivity index (χ3n) is 2.85. The van der Waals surface area contributed by atoms with Crippen LogP contribution in [0.2, 0.25) is 0 Å². The molecule has 0 aliphatic heterocycles. The van der Waals surface area contributed by atoms with E-state index in [1.54, 1.807) is 0 Å². The number of nitrogens with zero attached hydrogens (tertiary/aromatic N) is 2. The second-order valence-electron chi connectivity index (χ2n) is 5.75. The number of ether oxygens (including phenoxy) is 1. The number of imidazole rings is 1. The molecule has 6 nitrogen and oxygen atoms in total. The zero-order valence-corrected chi connectivity index (χ0v) is 12.6. The summed E-state index contributed by atoms with van der Waals surface area (Å²) in [6.45, 7) is 6.14. The number of hydrogen-bond acceptors (Lipinski definition) is 4. The van der Waals surface area contributed by atoms with Crippen LogP contribution in [0.25, 0.3) is 11.0 Å². The number of benzene rings is 1. The molecule has 0 saturated heterocycles. The minimum absolute atomic E-state index is 0.0137. The van der Waals surface area contributed by atoms with Crippen molar-refractivity contribution in [2.45, 2.75) is 39.5 Å². The smallest absolute Gasteiger partial charge is 0.408 e. The highest BCUT2D eigenvalue weighted by Gasteiger charge is 2.17. The third kappa shape index (κ3) is 3.95. The summed E-state index contributed by atoms with van der Waals surface area (Å²) in [5, 5.41) is 11.9. The van der Waals surface area contributed by atoms with Gasteiger partial charge in [0.05, 0.1) is 24.2 Å². The highest BCUT2D eigenvalue weighted by atomic mass is 16.6. The van der Waals surface area contributed by atoms with Crippen molar-refractivity contribution in [3.63, 3.8) is 0 Å². The van der Waals surface area contributed by atoms with Crippen molar-refractivity contribution in [3.8, 4) is 0 Å². The van der Waals surface area contributed by atoms with E-state index in [4.69, 9.17) is 4.74 Å². The summed E-state index contributed by atoms with van der Waals surface area (Å²) in [7, 11) is 0. The molecule has 2 rings (SSSR count). The van der Waals surface area contributed by atoms with Crippen LogP contribution in [-0.4, -0.2) is 33.0 Å². The van der Waals surface area contributed by atoms with Gasteiger partial charge in [-0.3, -0.25) is 0 Å². The van der Waals surface area contributed by atoms with Crippen LogP contribution < -0.4 is 5.32 Å². The van der Waals surface area contributed by atoms with E-state index in [0.29, 0.717) is 12.4 Å². The number of aromatic nitrogens is 2. The minimum Gasteiger partial charge on any atom is -0.444 e. The minimum atomic E-state index is -0.532. The fraction of sp³-hybridized carbons (Fsp3) is 0.467. The number of aliphatic hydroxyl groups excluding tert-OH is 1. The van der Waals surface area contributed by atoms with Gasteiger partial charge in [-0.25, -0.2) is 9.78 Å². The molecular formula is C15H21N3O3. The zero-order chi connectivity index (χ0) is 15.5. The number of carbonyl (C=O) groups is 1. The molecule has 0 aliphatic rings. The van der Waals surface area contributed by atoms with E-state index in [9.17, 15) is 9.90 Å². The lowest BCUT2D eigenvalue weighted by molar-refractivity contribution is 0.0521. The van der Waals surface area contributed by atoms with Gasteiger partial charge in [0.25, 0.3) is 0 Å². The van der Waals surface area contributed by atoms with Crippen molar-refractivity contribution in [3.05, 3.63) is 30.1 Å². The van der Waals surface area contributed by atoms with Gasteiger partial charge in [-0.15, -0.1) is 0 Å². The third-order valence-corrected chi connectivity index (χ3v) is 2.85. The van der Waals surface area contributed by atoms with Gasteiger partial charge in [-0.05, 0) is 32.9 Å². The molecule has 0 bridgehead atoms. The predicted molar refractivity (Wildman–Crippen MR) is 79.9 cm³/mol. The van der Waals surface area contributed by atoms with Gasteiger partial charge in [-0.1, -0.05) is 12.1 Å². The fourth-order valence-corrected chi connectivity index (χ4v) is 2.08. The second-order valence-corrected chi connectivity index (χ2v) is 5.75. The molecule has 0 unspecified atom stereocenters. The first-order chi connectivity index (χ1) is 9.90. The zero-order valence-electron chi connectivity index (χ0n) is 12.6. The number of amides is 1. The van der Waals surface area contributed by atoms with Crippen LogP contribution >= 0.6 is 0 Å². The Balaban J connectivity index is 2.14. The van der Waals surface area contributed by atoms with Crippen molar-refractivity contribution < 1.29 is 14.6 Å². The summed E-state index contributed by atoms with van der Waals surface area (Å²) in [5.41, 5.74) is 1.24. The number of alkyl carbamates (subject to hydrolysis) is 1. The van der Waals surface area contributed by atoms with Crippen LogP contribution in [0.5, 0.6) is 0 Å². The van der Waals surface area contributed by atoms with Gasteiger partial charge in [-0.2, -0.15) is 0 Å². The Morgan fingerprint density at radius 3 is 2.76 bits per heavy atom. The lowest BCUT2D eigenvalue weighted by atomic mass is 10.2. The molecule has 6 heteroatoms. The fourth-order valence-electron chi connectivity index (χ4n) is 2.08. The molecule has 0 radical (unpaired) electrons. The Hall–Kier alpha value is -2.08. The predicted octanol–water partition coefficient (Wildman–Crippen LogP) is 2.05. The summed E-state index contributed by atoms with van der Waals surface area (Å²) in [6, 6.07) is 7.67. The molecule has 0 aliphatic carbocycles. The van der Waals surface area contributed by atoms with Crippen molar-refractivity contribution in [2.75, 3.05) is 6.61 Å². The van der Waals surface area contributed by atoms with Crippen LogP contribution in [0.15, 0.2) is 24.3 Å². The van der Waals surface area contributed by atoms with E-state index < -0.39 is 11.7 Å². The largest absolute Gasteiger partial charge is 0.444 e. The van der Waals surface area contributed by atoms with Crippen LogP contribution in [0.1, 0.15) is 26.6 Å². The van der Waals surface area contributed by atoms with E-state index in [1.807, 2.05) is 49.6 Å². The van der Waals surface area contributed by atoms with E-state index in [1.165, 1.54) is 0 Å². The molecule has 2 N–H and O–H groups in total. The SMILES string of the molecule is CC(C)(C)OC(=O)NCc1nc2ccccc2n1CCO. The normalized spacial score (nSPS) is 11.6. The van der Waals surface area contributed by atoms with Gasteiger partial charge in [0, 0.05) is 6.54 Å². The van der Waals surface area contributed by atoms with Crippen LogP contribution in [0.3, 0.4) is 0 Å². The molecule has 1 heterocycles. The molecule has 0 atom stereocenters. The van der Waals surface area contributed by atoms with Gasteiger partial charge in [0.1, 0.15) is 11.4 Å². The van der Waals surface area contributed by atoms with E-state index >= 15 is 0 Å². The number of carbonyl (C=O) groups excluding carboxylic acids is 1. The first kappa shape index (κ1) is 15.3. The first-order valence-corrected chi connectivity index (χ1v) is 6.92. The molecular weight excluding hydrogens is 270 g/mol. The van der Waals surface area contributed by atoms with Gasteiger partial charge in [0.2, 0.25) is 0 Å². The number of aliphatic hydroxyl groups is 1. The maximum absolute atomic E-state index is 11.7. The molecule has 1 amide bonds. The van der Waals surface area contributed by atoms with Crippen molar-refractivity contribution >= 4 is 17.1 Å². The Bertz CT molecular complexity index is 629. The molecule has 0 fully saturated rings. The molecule has 2 aromatic rings. The number of rotatable bonds is 4. The lowest BCUT2D eigenvalue weighted by Gasteiger charge is -2.19. The Morgan fingerprint density at radius 1 is 1.38 bits per heavy atom. The van der Waals surface area contributed by atoms with Gasteiger partial charge >= 0.3 is 6.09 Å². The van der Waals surface area contributed by atoms with E-state index in [2.05, 4.69) is 10.3 Å². The average Bonchev–Trinajstić information content (AvgIpc) is 2.73. The van der Waals surface area contributed by atoms with Crippen molar-refractivity contribution in [1.29, 1.82) is 0 Å². The standard InChI is InChI=1S/C15H21N3O3/c1-15(2,3)21-14(20)16-10-13-17-11-6-4-5-7-12(11)18(13)8-9-19/h4-7,19H,8-10H2,1-3H3,(H,16,20). The molecule has 0 saturated carbocycles. The van der Waals surface area contributed by atoms with E-state index in [-0.39, 0.29) is 13.2 Å².